The lowest BCUT2D eigenvalue weighted by molar-refractivity contribution is -0.0538. The van der Waals surface area contributed by atoms with Crippen molar-refractivity contribution < 1.29 is 4.74 Å². The van der Waals surface area contributed by atoms with Crippen LogP contribution in [0.15, 0.2) is 18.3 Å². The Bertz CT molecular complexity index is 428. The Hall–Kier alpha value is -1.13. The summed E-state index contributed by atoms with van der Waals surface area (Å²) in [7, 11) is 1.85. The van der Waals surface area contributed by atoms with Gasteiger partial charge in [0.1, 0.15) is 5.82 Å². The fraction of sp³-hybridized carbons (Fsp3) is 0.706. The molecule has 1 heterocycles. The molecule has 1 aromatic rings. The van der Waals surface area contributed by atoms with E-state index in [0.717, 1.165) is 31.4 Å². The number of nitrogens with zero attached hydrogens (tertiary/aromatic N) is 1. The van der Waals surface area contributed by atoms with Crippen molar-refractivity contribution in [2.45, 2.75) is 63.5 Å². The van der Waals surface area contributed by atoms with Crippen molar-refractivity contribution in [3.63, 3.8) is 0 Å². The molecule has 2 rings (SSSR count). The summed E-state index contributed by atoms with van der Waals surface area (Å²) in [4.78, 5) is 4.27. The highest BCUT2D eigenvalue weighted by atomic mass is 16.5. The van der Waals surface area contributed by atoms with Crippen LogP contribution >= 0.6 is 0 Å². The zero-order valence-electron chi connectivity index (χ0n) is 13.4. The van der Waals surface area contributed by atoms with Crippen LogP contribution in [-0.4, -0.2) is 24.2 Å². The first kappa shape index (κ1) is 16.2. The molecule has 1 aliphatic rings. The third-order valence-electron chi connectivity index (χ3n) is 4.66. The number of pyridine rings is 1. The quantitative estimate of drug-likeness (QED) is 0.788. The zero-order valence-corrected chi connectivity index (χ0v) is 13.4. The smallest absolute Gasteiger partial charge is 0.128 e. The molecule has 118 valence electrons. The number of nitrogen functional groups attached to an aromatic ring is 1. The maximum Gasteiger partial charge on any atom is 0.128 e. The predicted molar refractivity (Wildman–Crippen MR) is 87.1 cm³/mol. The van der Waals surface area contributed by atoms with E-state index in [1.807, 2.05) is 13.2 Å². The summed E-state index contributed by atoms with van der Waals surface area (Å²) in [5.41, 5.74) is 7.06. The van der Waals surface area contributed by atoms with Crippen LogP contribution in [0.25, 0.3) is 0 Å². The Kier molecular flexibility index (Phi) is 6.00. The van der Waals surface area contributed by atoms with E-state index in [0.29, 0.717) is 5.82 Å². The second-order valence-electron chi connectivity index (χ2n) is 6.05. The van der Waals surface area contributed by atoms with Crippen LogP contribution in [0.1, 0.15) is 63.5 Å². The minimum absolute atomic E-state index is 0.120. The SMILES string of the molecule is CCCNC(c1cccnc1N)C1(OC)CCCCCC1. The zero-order chi connectivity index (χ0) is 15.1. The molecule has 1 unspecified atom stereocenters. The van der Waals surface area contributed by atoms with Gasteiger partial charge >= 0.3 is 0 Å². The number of anilines is 1. The fourth-order valence-electron chi connectivity index (χ4n) is 3.48. The van der Waals surface area contributed by atoms with E-state index in [2.05, 4.69) is 23.3 Å². The van der Waals surface area contributed by atoms with Gasteiger partial charge in [-0.05, 0) is 31.9 Å². The Morgan fingerprint density at radius 2 is 2.05 bits per heavy atom. The highest BCUT2D eigenvalue weighted by Gasteiger charge is 2.40. The normalized spacial score (nSPS) is 19.9. The summed E-state index contributed by atoms with van der Waals surface area (Å²) < 4.78 is 6.08. The molecule has 0 aromatic carbocycles. The van der Waals surface area contributed by atoms with Gasteiger partial charge in [0.15, 0.2) is 0 Å². The van der Waals surface area contributed by atoms with E-state index in [-0.39, 0.29) is 11.6 Å². The second kappa shape index (κ2) is 7.76. The summed E-state index contributed by atoms with van der Waals surface area (Å²) in [5, 5.41) is 3.67. The first-order valence-electron chi connectivity index (χ1n) is 8.22. The van der Waals surface area contributed by atoms with Crippen molar-refractivity contribution in [1.29, 1.82) is 0 Å². The van der Waals surface area contributed by atoms with Crippen molar-refractivity contribution in [3.05, 3.63) is 23.9 Å². The van der Waals surface area contributed by atoms with Gasteiger partial charge in [-0.1, -0.05) is 38.7 Å². The number of nitrogens with one attached hydrogen (secondary N) is 1. The molecule has 1 aliphatic carbocycles. The van der Waals surface area contributed by atoms with Crippen molar-refractivity contribution in [3.8, 4) is 0 Å². The monoisotopic (exact) mass is 291 g/mol. The van der Waals surface area contributed by atoms with Crippen molar-refractivity contribution in [1.82, 2.24) is 10.3 Å². The number of ether oxygens (including phenoxy) is 1. The standard InChI is InChI=1S/C17H29N3O/c1-3-12-19-15(14-9-8-13-20-16(14)18)17(21-2)10-6-4-5-7-11-17/h8-9,13,15,19H,3-7,10-12H2,1-2H3,(H2,18,20). The Morgan fingerprint density at radius 3 is 2.62 bits per heavy atom. The number of hydrogen-bond acceptors (Lipinski definition) is 4. The first-order valence-corrected chi connectivity index (χ1v) is 8.22. The lowest BCUT2D eigenvalue weighted by atomic mass is 9.82. The van der Waals surface area contributed by atoms with Crippen LogP contribution in [0.2, 0.25) is 0 Å². The third-order valence-corrected chi connectivity index (χ3v) is 4.66. The first-order chi connectivity index (χ1) is 10.2. The summed E-state index contributed by atoms with van der Waals surface area (Å²) >= 11 is 0. The van der Waals surface area contributed by atoms with Crippen molar-refractivity contribution in [2.24, 2.45) is 0 Å². The molecule has 1 atom stereocenters. The topological polar surface area (TPSA) is 60.2 Å². The van der Waals surface area contributed by atoms with Crippen LogP contribution in [-0.2, 0) is 4.74 Å². The Morgan fingerprint density at radius 1 is 1.33 bits per heavy atom. The van der Waals surface area contributed by atoms with E-state index < -0.39 is 0 Å². The average Bonchev–Trinajstić information content (AvgIpc) is 2.76. The van der Waals surface area contributed by atoms with Gasteiger partial charge in [0, 0.05) is 18.9 Å². The van der Waals surface area contributed by atoms with E-state index in [4.69, 9.17) is 10.5 Å². The maximum atomic E-state index is 6.15. The summed E-state index contributed by atoms with van der Waals surface area (Å²) in [5.74, 6) is 0.617. The predicted octanol–water partition coefficient (Wildman–Crippen LogP) is 3.44. The van der Waals surface area contributed by atoms with Gasteiger partial charge in [-0.25, -0.2) is 4.98 Å². The van der Waals surface area contributed by atoms with Crippen LogP contribution in [0.4, 0.5) is 5.82 Å². The van der Waals surface area contributed by atoms with Crippen LogP contribution in [0, 0.1) is 0 Å². The van der Waals surface area contributed by atoms with Gasteiger partial charge in [0.2, 0.25) is 0 Å². The van der Waals surface area contributed by atoms with Gasteiger partial charge in [-0.2, -0.15) is 0 Å². The molecule has 21 heavy (non-hydrogen) atoms. The van der Waals surface area contributed by atoms with Gasteiger partial charge < -0.3 is 15.8 Å². The lowest BCUT2D eigenvalue weighted by Gasteiger charge is -2.40. The Balaban J connectivity index is 2.34. The molecule has 1 saturated carbocycles. The molecular formula is C17H29N3O. The molecule has 4 nitrogen and oxygen atoms in total. The molecular weight excluding hydrogens is 262 g/mol. The summed E-state index contributed by atoms with van der Waals surface area (Å²) in [6, 6.07) is 4.17. The summed E-state index contributed by atoms with van der Waals surface area (Å²) in [6.07, 6.45) is 10.1. The van der Waals surface area contributed by atoms with Gasteiger partial charge in [-0.3, -0.25) is 0 Å². The maximum absolute atomic E-state index is 6.15. The fourth-order valence-corrected chi connectivity index (χ4v) is 3.48. The number of hydrogen-bond donors (Lipinski definition) is 2. The van der Waals surface area contributed by atoms with Gasteiger partial charge in [0.05, 0.1) is 11.6 Å². The van der Waals surface area contributed by atoms with Gasteiger partial charge in [0.25, 0.3) is 0 Å². The largest absolute Gasteiger partial charge is 0.383 e. The number of nitrogens with two attached hydrogens (primary N) is 1. The average molecular weight is 291 g/mol. The molecule has 4 heteroatoms. The van der Waals surface area contributed by atoms with E-state index in [9.17, 15) is 0 Å². The van der Waals surface area contributed by atoms with Crippen molar-refractivity contribution in [2.75, 3.05) is 19.4 Å². The van der Waals surface area contributed by atoms with Crippen LogP contribution < -0.4 is 11.1 Å². The van der Waals surface area contributed by atoms with Crippen LogP contribution in [0.5, 0.6) is 0 Å². The highest BCUT2D eigenvalue weighted by Crippen LogP contribution is 2.41. The molecule has 0 bridgehead atoms. The minimum atomic E-state index is -0.164. The number of methoxy groups -OCH3 is 1. The third kappa shape index (κ3) is 3.74. The van der Waals surface area contributed by atoms with E-state index >= 15 is 0 Å². The number of rotatable bonds is 6. The molecule has 3 N–H and O–H groups in total. The summed E-state index contributed by atoms with van der Waals surface area (Å²) in [6.45, 7) is 3.15. The molecule has 0 amide bonds. The molecule has 0 saturated heterocycles. The van der Waals surface area contributed by atoms with Crippen molar-refractivity contribution >= 4 is 5.82 Å². The molecule has 1 aromatic heterocycles. The minimum Gasteiger partial charge on any atom is -0.383 e. The molecule has 1 fully saturated rings. The lowest BCUT2D eigenvalue weighted by Crippen LogP contribution is -2.46. The second-order valence-corrected chi connectivity index (χ2v) is 6.05. The van der Waals surface area contributed by atoms with Crippen LogP contribution in [0.3, 0.4) is 0 Å². The molecule has 0 spiro atoms. The highest BCUT2D eigenvalue weighted by molar-refractivity contribution is 5.42. The Labute approximate surface area is 128 Å². The number of aromatic nitrogens is 1. The van der Waals surface area contributed by atoms with Gasteiger partial charge in [-0.15, -0.1) is 0 Å². The molecule has 0 aliphatic heterocycles. The molecule has 0 radical (unpaired) electrons. The van der Waals surface area contributed by atoms with E-state index in [1.165, 1.54) is 25.7 Å². The van der Waals surface area contributed by atoms with E-state index in [1.54, 1.807) is 6.20 Å².